The number of carbonyl (C=O) groups excluding carboxylic acids is 1. The zero-order valence-electron chi connectivity index (χ0n) is 20.4. The van der Waals surface area contributed by atoms with Crippen molar-refractivity contribution in [2.45, 2.75) is 20.5 Å². The number of benzene rings is 2. The standard InChI is InChI=1S/C27H27N3O6/c1-17-5-6-18(2)30(17)20-7-9-21(10-8-20)35-16-22-11-12-23(36-22)27(32)29-28-15-19-13-24(33-3)26(31)25(14-19)34-4/h5-15,31H,16H2,1-4H3,(H,29,32). The molecular weight excluding hydrogens is 462 g/mol. The van der Waals surface area contributed by atoms with Gasteiger partial charge >= 0.3 is 5.91 Å². The van der Waals surface area contributed by atoms with Crippen LogP contribution in [0.1, 0.15) is 33.3 Å². The molecule has 0 aliphatic rings. The van der Waals surface area contributed by atoms with Crippen LogP contribution in [0.25, 0.3) is 5.69 Å². The number of amides is 1. The van der Waals surface area contributed by atoms with Crippen LogP contribution in [0, 0.1) is 13.8 Å². The Morgan fingerprint density at radius 1 is 1.00 bits per heavy atom. The highest BCUT2D eigenvalue weighted by atomic mass is 16.5. The van der Waals surface area contributed by atoms with Crippen LogP contribution in [0.15, 0.2) is 70.2 Å². The maximum absolute atomic E-state index is 12.4. The van der Waals surface area contributed by atoms with E-state index in [0.717, 1.165) is 17.1 Å². The first kappa shape index (κ1) is 24.5. The second kappa shape index (κ2) is 10.7. The van der Waals surface area contributed by atoms with Crippen molar-refractivity contribution >= 4 is 12.1 Å². The molecule has 9 heteroatoms. The van der Waals surface area contributed by atoms with Gasteiger partial charge in [-0.15, -0.1) is 0 Å². The van der Waals surface area contributed by atoms with Gasteiger partial charge in [-0.2, -0.15) is 5.10 Å². The third-order valence-electron chi connectivity index (χ3n) is 5.51. The number of nitrogens with zero attached hydrogens (tertiary/aromatic N) is 2. The first-order chi connectivity index (χ1) is 17.4. The summed E-state index contributed by atoms with van der Waals surface area (Å²) in [5.74, 6) is 1.10. The van der Waals surface area contributed by atoms with Crippen LogP contribution < -0.4 is 19.6 Å². The number of nitrogens with one attached hydrogen (secondary N) is 1. The van der Waals surface area contributed by atoms with Crippen LogP contribution in [0.3, 0.4) is 0 Å². The highest BCUT2D eigenvalue weighted by Gasteiger charge is 2.13. The van der Waals surface area contributed by atoms with Crippen LogP contribution in [0.4, 0.5) is 0 Å². The summed E-state index contributed by atoms with van der Waals surface area (Å²) in [6.07, 6.45) is 1.40. The third kappa shape index (κ3) is 5.35. The van der Waals surface area contributed by atoms with E-state index in [4.69, 9.17) is 18.6 Å². The number of hydrogen-bond acceptors (Lipinski definition) is 7. The van der Waals surface area contributed by atoms with Crippen molar-refractivity contribution in [2.75, 3.05) is 14.2 Å². The molecule has 0 fully saturated rings. The Balaban J connectivity index is 1.33. The molecule has 0 aliphatic heterocycles. The molecule has 2 N–H and O–H groups in total. The molecule has 2 aromatic heterocycles. The number of phenolic OH excluding ortho intramolecular Hbond substituents is 1. The number of hydrazone groups is 1. The SMILES string of the molecule is COc1cc(C=NNC(=O)c2ccc(COc3ccc(-n4c(C)ccc4C)cc3)o2)cc(OC)c1O. The minimum Gasteiger partial charge on any atom is -0.502 e. The molecule has 2 aromatic carbocycles. The fraction of sp³-hybridized carbons (Fsp3) is 0.185. The smallest absolute Gasteiger partial charge is 0.307 e. The van der Waals surface area contributed by atoms with Gasteiger partial charge in [-0.25, -0.2) is 5.43 Å². The van der Waals surface area contributed by atoms with Crippen molar-refractivity contribution in [1.82, 2.24) is 9.99 Å². The Hall–Kier alpha value is -4.66. The summed E-state index contributed by atoms with van der Waals surface area (Å²) in [7, 11) is 2.85. The monoisotopic (exact) mass is 489 g/mol. The van der Waals surface area contributed by atoms with Crippen LogP contribution >= 0.6 is 0 Å². The van der Waals surface area contributed by atoms with E-state index in [1.54, 1.807) is 24.3 Å². The first-order valence-corrected chi connectivity index (χ1v) is 11.1. The molecule has 9 nitrogen and oxygen atoms in total. The lowest BCUT2D eigenvalue weighted by molar-refractivity contribution is 0.0923. The van der Waals surface area contributed by atoms with E-state index < -0.39 is 5.91 Å². The molecule has 36 heavy (non-hydrogen) atoms. The first-order valence-electron chi connectivity index (χ1n) is 11.1. The Kier molecular flexibility index (Phi) is 7.29. The van der Waals surface area contributed by atoms with Gasteiger partial charge in [0, 0.05) is 22.6 Å². The average molecular weight is 490 g/mol. The number of methoxy groups -OCH3 is 2. The third-order valence-corrected chi connectivity index (χ3v) is 5.51. The van der Waals surface area contributed by atoms with Gasteiger partial charge in [0.15, 0.2) is 17.3 Å². The van der Waals surface area contributed by atoms with Crippen LogP contribution in [0.2, 0.25) is 0 Å². The fourth-order valence-electron chi connectivity index (χ4n) is 3.71. The number of phenols is 1. The molecule has 0 bridgehead atoms. The largest absolute Gasteiger partial charge is 0.502 e. The summed E-state index contributed by atoms with van der Waals surface area (Å²) < 4.78 is 23.8. The molecule has 0 atom stereocenters. The quantitative estimate of drug-likeness (QED) is 0.259. The lowest BCUT2D eigenvalue weighted by atomic mass is 10.2. The summed E-state index contributed by atoms with van der Waals surface area (Å²) in [5, 5.41) is 13.9. The fourth-order valence-corrected chi connectivity index (χ4v) is 3.71. The lowest BCUT2D eigenvalue weighted by Gasteiger charge is -2.10. The van der Waals surface area contributed by atoms with Gasteiger partial charge in [-0.1, -0.05) is 0 Å². The minimum atomic E-state index is -0.517. The van der Waals surface area contributed by atoms with Crippen LogP contribution in [-0.4, -0.2) is 36.0 Å². The number of aromatic nitrogens is 1. The molecule has 0 saturated heterocycles. The summed E-state index contributed by atoms with van der Waals surface area (Å²) in [6.45, 7) is 4.30. The van der Waals surface area contributed by atoms with E-state index in [9.17, 15) is 9.90 Å². The molecule has 4 rings (SSSR count). The molecule has 0 radical (unpaired) electrons. The van der Waals surface area contributed by atoms with Gasteiger partial charge in [0.2, 0.25) is 5.75 Å². The molecular formula is C27H27N3O6. The van der Waals surface area contributed by atoms with Gasteiger partial charge in [0.1, 0.15) is 18.1 Å². The average Bonchev–Trinajstić information content (AvgIpc) is 3.50. The van der Waals surface area contributed by atoms with Crippen molar-refractivity contribution in [3.8, 4) is 28.7 Å². The maximum Gasteiger partial charge on any atom is 0.307 e. The van der Waals surface area contributed by atoms with Crippen molar-refractivity contribution in [1.29, 1.82) is 0 Å². The van der Waals surface area contributed by atoms with Gasteiger partial charge in [0.05, 0.1) is 20.4 Å². The van der Waals surface area contributed by atoms with E-state index >= 15 is 0 Å². The van der Waals surface area contributed by atoms with Crippen molar-refractivity contribution < 1.29 is 28.5 Å². The highest BCUT2D eigenvalue weighted by molar-refractivity contribution is 5.92. The van der Waals surface area contributed by atoms with Gasteiger partial charge in [-0.3, -0.25) is 4.79 Å². The highest BCUT2D eigenvalue weighted by Crippen LogP contribution is 2.36. The number of rotatable bonds is 9. The van der Waals surface area contributed by atoms with Crippen molar-refractivity contribution in [2.24, 2.45) is 5.10 Å². The van der Waals surface area contributed by atoms with E-state index in [-0.39, 0.29) is 29.6 Å². The maximum atomic E-state index is 12.4. The van der Waals surface area contributed by atoms with Crippen LogP contribution in [0.5, 0.6) is 23.0 Å². The van der Waals surface area contributed by atoms with E-state index in [0.29, 0.717) is 17.1 Å². The second-order valence-electron chi connectivity index (χ2n) is 7.97. The molecule has 0 aliphatic carbocycles. The topological polar surface area (TPSA) is 107 Å². The molecule has 0 saturated carbocycles. The molecule has 0 unspecified atom stereocenters. The Morgan fingerprint density at radius 2 is 1.64 bits per heavy atom. The molecule has 186 valence electrons. The predicted molar refractivity (Wildman–Crippen MR) is 135 cm³/mol. The zero-order valence-corrected chi connectivity index (χ0v) is 20.4. The number of aryl methyl sites for hydroxylation is 2. The summed E-state index contributed by atoms with van der Waals surface area (Å²) in [5.41, 5.74) is 6.34. The Labute approximate surface area is 208 Å². The van der Waals surface area contributed by atoms with Crippen molar-refractivity contribution in [3.05, 3.63) is 89.1 Å². The Bertz CT molecular complexity index is 1340. The normalized spacial score (nSPS) is 11.0. The Morgan fingerprint density at radius 3 is 2.25 bits per heavy atom. The van der Waals surface area contributed by atoms with E-state index in [1.165, 1.54) is 20.4 Å². The van der Waals surface area contributed by atoms with Crippen molar-refractivity contribution in [3.63, 3.8) is 0 Å². The molecule has 2 heterocycles. The number of carbonyl (C=O) groups is 1. The number of furan rings is 1. The minimum absolute atomic E-state index is 0.0977. The summed E-state index contributed by atoms with van der Waals surface area (Å²) >= 11 is 0. The van der Waals surface area contributed by atoms with Gasteiger partial charge < -0.3 is 28.3 Å². The number of hydrogen-bond donors (Lipinski definition) is 2. The van der Waals surface area contributed by atoms with E-state index in [1.807, 2.05) is 24.3 Å². The summed E-state index contributed by atoms with van der Waals surface area (Å²) in [4.78, 5) is 12.4. The zero-order chi connectivity index (χ0) is 25.7. The van der Waals surface area contributed by atoms with Gasteiger partial charge in [0.25, 0.3) is 0 Å². The number of aromatic hydroxyl groups is 1. The van der Waals surface area contributed by atoms with E-state index in [2.05, 4.69) is 41.1 Å². The van der Waals surface area contributed by atoms with Crippen LogP contribution in [-0.2, 0) is 6.61 Å². The molecule has 0 spiro atoms. The predicted octanol–water partition coefficient (Wildman–Crippen LogP) is 4.75. The molecule has 1 amide bonds. The second-order valence-corrected chi connectivity index (χ2v) is 7.97. The summed E-state index contributed by atoms with van der Waals surface area (Å²) in [6, 6.07) is 18.3. The van der Waals surface area contributed by atoms with Gasteiger partial charge in [-0.05, 0) is 74.5 Å². The molecule has 4 aromatic rings. The number of ether oxygens (including phenoxy) is 3. The lowest BCUT2D eigenvalue weighted by Crippen LogP contribution is -2.16.